The maximum Gasteiger partial charge on any atom is 0.0792 e. The Morgan fingerprint density at radius 3 is 2.69 bits per heavy atom. The number of hydrogen-bond donors (Lipinski definition) is 1. The van der Waals surface area contributed by atoms with Crippen LogP contribution in [0.3, 0.4) is 0 Å². The normalized spacial score (nSPS) is 18.9. The van der Waals surface area contributed by atoms with Crippen molar-refractivity contribution in [1.82, 2.24) is 0 Å². The fourth-order valence-electron chi connectivity index (χ4n) is 2.57. The van der Waals surface area contributed by atoms with Crippen molar-refractivity contribution in [2.24, 2.45) is 5.92 Å². The molecule has 1 saturated carbocycles. The first-order valence-electron chi connectivity index (χ1n) is 6.11. The van der Waals surface area contributed by atoms with Crippen molar-refractivity contribution in [2.45, 2.75) is 45.1 Å². The van der Waals surface area contributed by atoms with Gasteiger partial charge in [-0.1, -0.05) is 53.7 Å². The first-order valence-corrected chi connectivity index (χ1v) is 6.90. The third-order valence-electron chi connectivity index (χ3n) is 3.60. The van der Waals surface area contributed by atoms with Crippen LogP contribution in [-0.2, 0) is 0 Å². The SMILES string of the molecule is Cc1cc(C(O)CC2CCCC2)ccc1Br. The monoisotopic (exact) mass is 282 g/mol. The van der Waals surface area contributed by atoms with Crippen LogP contribution in [0.2, 0.25) is 0 Å². The second-order valence-electron chi connectivity index (χ2n) is 4.91. The second-order valence-corrected chi connectivity index (χ2v) is 5.76. The highest BCUT2D eigenvalue weighted by atomic mass is 79.9. The molecule has 1 aromatic carbocycles. The highest BCUT2D eigenvalue weighted by molar-refractivity contribution is 9.10. The van der Waals surface area contributed by atoms with Gasteiger partial charge in [-0.25, -0.2) is 0 Å². The molecule has 1 aliphatic rings. The van der Waals surface area contributed by atoms with Crippen molar-refractivity contribution >= 4 is 15.9 Å². The molecule has 0 saturated heterocycles. The van der Waals surface area contributed by atoms with Gasteiger partial charge in [0.25, 0.3) is 0 Å². The van der Waals surface area contributed by atoms with Gasteiger partial charge in [0, 0.05) is 4.47 Å². The van der Waals surface area contributed by atoms with E-state index in [1.54, 1.807) is 0 Å². The molecule has 1 unspecified atom stereocenters. The highest BCUT2D eigenvalue weighted by Gasteiger charge is 2.19. The molecule has 0 spiro atoms. The quantitative estimate of drug-likeness (QED) is 0.873. The van der Waals surface area contributed by atoms with Crippen molar-refractivity contribution in [3.05, 3.63) is 33.8 Å². The van der Waals surface area contributed by atoms with Gasteiger partial charge in [0.15, 0.2) is 0 Å². The van der Waals surface area contributed by atoms with Crippen molar-refractivity contribution < 1.29 is 5.11 Å². The van der Waals surface area contributed by atoms with E-state index >= 15 is 0 Å². The van der Waals surface area contributed by atoms with E-state index in [2.05, 4.69) is 28.9 Å². The fourth-order valence-corrected chi connectivity index (χ4v) is 2.82. The molecule has 0 heterocycles. The number of aliphatic hydroxyl groups excluding tert-OH is 1. The van der Waals surface area contributed by atoms with Crippen LogP contribution in [0.25, 0.3) is 0 Å². The molecule has 0 amide bonds. The molecule has 1 fully saturated rings. The molecule has 1 nitrogen and oxygen atoms in total. The smallest absolute Gasteiger partial charge is 0.0792 e. The summed E-state index contributed by atoms with van der Waals surface area (Å²) in [4.78, 5) is 0. The molecule has 1 atom stereocenters. The summed E-state index contributed by atoms with van der Waals surface area (Å²) in [5.74, 6) is 0.735. The summed E-state index contributed by atoms with van der Waals surface area (Å²) in [6.45, 7) is 2.07. The van der Waals surface area contributed by atoms with Gasteiger partial charge in [-0.15, -0.1) is 0 Å². The van der Waals surface area contributed by atoms with Gasteiger partial charge in [0.2, 0.25) is 0 Å². The first kappa shape index (κ1) is 12.1. The summed E-state index contributed by atoms with van der Waals surface area (Å²) >= 11 is 3.49. The Labute approximate surface area is 106 Å². The summed E-state index contributed by atoms with van der Waals surface area (Å²) in [7, 11) is 0. The molecular weight excluding hydrogens is 264 g/mol. The number of aryl methyl sites for hydroxylation is 1. The minimum atomic E-state index is -0.283. The van der Waals surface area contributed by atoms with Crippen molar-refractivity contribution in [1.29, 1.82) is 0 Å². The predicted molar refractivity (Wildman–Crippen MR) is 70.4 cm³/mol. The largest absolute Gasteiger partial charge is 0.388 e. The third-order valence-corrected chi connectivity index (χ3v) is 4.49. The van der Waals surface area contributed by atoms with Crippen LogP contribution in [0.15, 0.2) is 22.7 Å². The van der Waals surface area contributed by atoms with E-state index in [9.17, 15) is 5.11 Å². The van der Waals surface area contributed by atoms with E-state index in [4.69, 9.17) is 0 Å². The van der Waals surface area contributed by atoms with Crippen molar-refractivity contribution in [3.8, 4) is 0 Å². The summed E-state index contributed by atoms with van der Waals surface area (Å²) in [6, 6.07) is 6.14. The van der Waals surface area contributed by atoms with Crippen LogP contribution >= 0.6 is 15.9 Å². The summed E-state index contributed by atoms with van der Waals surface area (Å²) in [5.41, 5.74) is 2.26. The Hall–Kier alpha value is -0.340. The minimum absolute atomic E-state index is 0.283. The number of halogens is 1. The van der Waals surface area contributed by atoms with E-state index in [0.717, 1.165) is 22.4 Å². The van der Waals surface area contributed by atoms with Crippen molar-refractivity contribution in [2.75, 3.05) is 0 Å². The van der Waals surface area contributed by atoms with Gasteiger partial charge < -0.3 is 5.11 Å². The molecular formula is C14H19BrO. The summed E-state index contributed by atoms with van der Waals surface area (Å²) in [6.07, 6.45) is 5.93. The van der Waals surface area contributed by atoms with Crippen LogP contribution in [0.1, 0.15) is 49.3 Å². The topological polar surface area (TPSA) is 20.2 Å². The Kier molecular flexibility index (Phi) is 4.04. The molecule has 16 heavy (non-hydrogen) atoms. The molecule has 0 aliphatic heterocycles. The number of rotatable bonds is 3. The Balaban J connectivity index is 2.02. The predicted octanol–water partition coefficient (Wildman–Crippen LogP) is 4.37. The molecule has 2 heteroatoms. The van der Waals surface area contributed by atoms with E-state index in [-0.39, 0.29) is 6.10 Å². The molecule has 0 bridgehead atoms. The number of hydrogen-bond acceptors (Lipinski definition) is 1. The number of benzene rings is 1. The average Bonchev–Trinajstić information content (AvgIpc) is 2.74. The van der Waals surface area contributed by atoms with E-state index in [1.165, 1.54) is 31.2 Å². The van der Waals surface area contributed by atoms with Crippen LogP contribution < -0.4 is 0 Å². The van der Waals surface area contributed by atoms with E-state index in [1.807, 2.05) is 12.1 Å². The maximum atomic E-state index is 10.2. The first-order chi connectivity index (χ1) is 7.66. The fraction of sp³-hybridized carbons (Fsp3) is 0.571. The van der Waals surface area contributed by atoms with Gasteiger partial charge in [-0.2, -0.15) is 0 Å². The molecule has 2 rings (SSSR count). The lowest BCUT2D eigenvalue weighted by atomic mass is 9.95. The molecule has 88 valence electrons. The van der Waals surface area contributed by atoms with Crippen LogP contribution in [0.4, 0.5) is 0 Å². The minimum Gasteiger partial charge on any atom is -0.388 e. The van der Waals surface area contributed by atoms with Crippen LogP contribution in [0, 0.1) is 12.8 Å². The molecule has 1 aliphatic carbocycles. The van der Waals surface area contributed by atoms with E-state index in [0.29, 0.717) is 0 Å². The van der Waals surface area contributed by atoms with Gasteiger partial charge in [0.05, 0.1) is 6.10 Å². The lowest BCUT2D eigenvalue weighted by Gasteiger charge is -2.16. The summed E-state index contributed by atoms with van der Waals surface area (Å²) < 4.78 is 1.12. The zero-order valence-electron chi connectivity index (χ0n) is 9.75. The van der Waals surface area contributed by atoms with Crippen LogP contribution in [0.5, 0.6) is 0 Å². The standard InChI is InChI=1S/C14H19BrO/c1-10-8-12(6-7-13(10)15)14(16)9-11-4-2-3-5-11/h6-8,11,14,16H,2-5,9H2,1H3. The lowest BCUT2D eigenvalue weighted by Crippen LogP contribution is -2.04. The van der Waals surface area contributed by atoms with Gasteiger partial charge >= 0.3 is 0 Å². The van der Waals surface area contributed by atoms with Gasteiger partial charge in [-0.05, 0) is 36.5 Å². The van der Waals surface area contributed by atoms with E-state index < -0.39 is 0 Å². The van der Waals surface area contributed by atoms with Crippen LogP contribution in [-0.4, -0.2) is 5.11 Å². The average molecular weight is 283 g/mol. The highest BCUT2D eigenvalue weighted by Crippen LogP contribution is 2.33. The molecule has 1 N–H and O–H groups in total. The van der Waals surface area contributed by atoms with Gasteiger partial charge in [0.1, 0.15) is 0 Å². The van der Waals surface area contributed by atoms with Gasteiger partial charge in [-0.3, -0.25) is 0 Å². The Bertz CT molecular complexity index is 356. The zero-order valence-corrected chi connectivity index (χ0v) is 11.3. The Morgan fingerprint density at radius 2 is 2.06 bits per heavy atom. The summed E-state index contributed by atoms with van der Waals surface area (Å²) in [5, 5.41) is 10.2. The third kappa shape index (κ3) is 2.86. The second kappa shape index (κ2) is 5.33. The van der Waals surface area contributed by atoms with Crippen molar-refractivity contribution in [3.63, 3.8) is 0 Å². The molecule has 0 aromatic heterocycles. The molecule has 1 aromatic rings. The number of aliphatic hydroxyl groups is 1. The Morgan fingerprint density at radius 1 is 1.38 bits per heavy atom. The molecule has 0 radical (unpaired) electrons. The maximum absolute atomic E-state index is 10.2. The zero-order chi connectivity index (χ0) is 11.5. The lowest BCUT2D eigenvalue weighted by molar-refractivity contribution is 0.145.